The molecule has 0 atom stereocenters. The van der Waals surface area contributed by atoms with Crippen LogP contribution in [0, 0.1) is 55.4 Å². The summed E-state index contributed by atoms with van der Waals surface area (Å²) >= 11 is 0. The number of hydrogen-bond donors (Lipinski definition) is 0. The maximum absolute atomic E-state index is 2.53. The van der Waals surface area contributed by atoms with Crippen LogP contribution in [0.2, 0.25) is 0 Å². The van der Waals surface area contributed by atoms with Crippen LogP contribution in [-0.2, 0) is 21.7 Å². The molecule has 0 aromatic heterocycles. The summed E-state index contributed by atoms with van der Waals surface area (Å²) in [5.41, 5.74) is 17.9. The van der Waals surface area contributed by atoms with Crippen LogP contribution in [-0.4, -0.2) is 15.8 Å². The van der Waals surface area contributed by atoms with Gasteiger partial charge in [0.05, 0.1) is 15.8 Å². The largest absolute Gasteiger partial charge is 0.0700 e. The lowest BCUT2D eigenvalue weighted by atomic mass is 9.85. The number of hydrogen-bond acceptors (Lipinski definition) is 0. The van der Waals surface area contributed by atoms with Crippen LogP contribution in [0.5, 0.6) is 0 Å². The zero-order valence-electron chi connectivity index (χ0n) is 35.6. The van der Waals surface area contributed by atoms with E-state index in [9.17, 15) is 0 Å². The van der Waals surface area contributed by atoms with Crippen molar-refractivity contribution in [3.63, 3.8) is 0 Å². The van der Waals surface area contributed by atoms with Crippen LogP contribution in [0.25, 0.3) is 0 Å². The van der Waals surface area contributed by atoms with Gasteiger partial charge in [0.2, 0.25) is 0 Å². The summed E-state index contributed by atoms with van der Waals surface area (Å²) in [4.78, 5) is 0. The average molecular weight is 701 g/mol. The molecule has 268 valence electrons. The Labute approximate surface area is 310 Å². The highest BCUT2D eigenvalue weighted by atomic mass is 28.9. The van der Waals surface area contributed by atoms with E-state index >= 15 is 0 Å². The van der Waals surface area contributed by atoms with Gasteiger partial charge in [-0.05, 0) is 165 Å². The molecule has 0 nitrogen and oxygen atoms in total. The molecule has 4 aromatic rings. The summed E-state index contributed by atoms with van der Waals surface area (Å²) in [6.07, 6.45) is 0. The summed E-state index contributed by atoms with van der Waals surface area (Å²) in [7, 11) is -2.74. The average Bonchev–Trinajstić information content (AvgIpc) is 2.91. The van der Waals surface area contributed by atoms with Gasteiger partial charge in [-0.15, -0.1) is 0 Å². The second kappa shape index (κ2) is 13.7. The molecule has 0 bridgehead atoms. The van der Waals surface area contributed by atoms with E-state index in [2.05, 4.69) is 187 Å². The summed E-state index contributed by atoms with van der Waals surface area (Å²) in [6, 6.07) is 20.3. The second-order valence-electron chi connectivity index (χ2n) is 19.7. The molecular weight excluding hydrogens is 633 g/mol. The van der Waals surface area contributed by atoms with Crippen molar-refractivity contribution in [2.45, 2.75) is 160 Å². The van der Waals surface area contributed by atoms with E-state index in [1.54, 1.807) is 20.7 Å². The van der Waals surface area contributed by atoms with E-state index in [4.69, 9.17) is 0 Å². The minimum atomic E-state index is -1.37. The third-order valence-corrected chi connectivity index (χ3v) is 21.0. The van der Waals surface area contributed by atoms with Gasteiger partial charge >= 0.3 is 0 Å². The first-order valence-electron chi connectivity index (χ1n) is 18.9. The van der Waals surface area contributed by atoms with Gasteiger partial charge in [-0.1, -0.05) is 132 Å². The molecule has 0 N–H and O–H groups in total. The molecule has 0 heterocycles. The Morgan fingerprint density at radius 1 is 0.260 bits per heavy atom. The SMILES string of the molecule is Cc1cc(C(C)(C)C)cc(C)c1[Si](c1c(C)cc(C(C)(C)C)cc1C)=[Si](c1c(C)cc(C(C)(C)C)cc1C)c1c(C)cc(C(C)(C)C)cc1C. The smallest absolute Gasteiger partial charge is 0.0561 e. The fraction of sp³-hybridized carbons (Fsp3) is 0.500. The lowest BCUT2D eigenvalue weighted by molar-refractivity contribution is 0.589. The van der Waals surface area contributed by atoms with Gasteiger partial charge < -0.3 is 0 Å². The molecule has 0 spiro atoms. The Kier molecular flexibility index (Phi) is 11.0. The Morgan fingerprint density at radius 3 is 0.480 bits per heavy atom. The molecule has 4 rings (SSSR count). The van der Waals surface area contributed by atoms with E-state index in [1.807, 2.05) is 0 Å². The highest BCUT2D eigenvalue weighted by Crippen LogP contribution is 2.28. The minimum Gasteiger partial charge on any atom is -0.0561 e. The van der Waals surface area contributed by atoms with Crippen molar-refractivity contribution in [1.29, 1.82) is 0 Å². The third kappa shape index (κ3) is 8.02. The highest BCUT2D eigenvalue weighted by Gasteiger charge is 2.30. The van der Waals surface area contributed by atoms with Crippen molar-refractivity contribution in [3.8, 4) is 0 Å². The summed E-state index contributed by atoms with van der Waals surface area (Å²) in [6.45, 7) is 47.6. The normalized spacial score (nSPS) is 12.8. The van der Waals surface area contributed by atoms with Gasteiger partial charge in [-0.3, -0.25) is 0 Å². The molecule has 50 heavy (non-hydrogen) atoms. The van der Waals surface area contributed by atoms with Crippen molar-refractivity contribution in [1.82, 2.24) is 0 Å². The zero-order valence-corrected chi connectivity index (χ0v) is 37.6. The zero-order chi connectivity index (χ0) is 38.0. The lowest BCUT2D eigenvalue weighted by Gasteiger charge is -2.30. The molecule has 0 aliphatic heterocycles. The van der Waals surface area contributed by atoms with E-state index in [0.29, 0.717) is 0 Å². The van der Waals surface area contributed by atoms with E-state index < -0.39 is 15.8 Å². The van der Waals surface area contributed by atoms with Gasteiger partial charge in [-0.2, -0.15) is 0 Å². The predicted molar refractivity (Wildman–Crippen MR) is 229 cm³/mol. The first kappa shape index (κ1) is 40.1. The monoisotopic (exact) mass is 700 g/mol. The highest BCUT2D eigenvalue weighted by molar-refractivity contribution is 7.20. The minimum absolute atomic E-state index is 0.0981. The van der Waals surface area contributed by atoms with Crippen molar-refractivity contribution in [3.05, 3.63) is 115 Å². The maximum atomic E-state index is 2.53. The molecule has 0 amide bonds. The first-order chi connectivity index (χ1) is 22.6. The van der Waals surface area contributed by atoms with Crippen molar-refractivity contribution in [2.24, 2.45) is 0 Å². The quantitative estimate of drug-likeness (QED) is 0.186. The molecule has 0 radical (unpaired) electrons. The van der Waals surface area contributed by atoms with Crippen LogP contribution in [0.15, 0.2) is 48.5 Å². The fourth-order valence-corrected chi connectivity index (χ4v) is 20.9. The van der Waals surface area contributed by atoms with Gasteiger partial charge in [-0.25, -0.2) is 0 Å². The predicted octanol–water partition coefficient (Wildman–Crippen LogP) is 10.3. The van der Waals surface area contributed by atoms with Crippen LogP contribution < -0.4 is 20.7 Å². The molecule has 0 aliphatic carbocycles. The van der Waals surface area contributed by atoms with Crippen LogP contribution in [0.4, 0.5) is 0 Å². The molecule has 0 aliphatic rings. The second-order valence-corrected chi connectivity index (χ2v) is 26.2. The van der Waals surface area contributed by atoms with Gasteiger partial charge in [0.25, 0.3) is 0 Å². The van der Waals surface area contributed by atoms with Gasteiger partial charge in [0.15, 0.2) is 0 Å². The number of rotatable bonds is 4. The van der Waals surface area contributed by atoms with E-state index in [0.717, 1.165) is 0 Å². The topological polar surface area (TPSA) is 0 Å². The van der Waals surface area contributed by atoms with E-state index in [1.165, 1.54) is 66.8 Å². The van der Waals surface area contributed by atoms with Gasteiger partial charge in [0, 0.05) is 0 Å². The first-order valence-corrected chi connectivity index (χ1v) is 22.9. The Morgan fingerprint density at radius 2 is 0.380 bits per heavy atom. The van der Waals surface area contributed by atoms with Crippen molar-refractivity contribution in [2.75, 3.05) is 0 Å². The standard InChI is InChI=1S/C48H68Si2/c1-29-21-37(45(9,10)11)22-30(2)41(29)49(42-31(3)23-38(24-32(42)4)46(12,13)14)50(43-33(5)25-39(26-34(43)6)47(15,16)17)44-35(7)27-40(28-36(44)8)48(18,19)20/h21-28H,1-20H3. The Bertz CT molecular complexity index is 1610. The number of aryl methyl sites for hydroxylation is 8. The maximum Gasteiger partial charge on any atom is 0.0700 e. The van der Waals surface area contributed by atoms with Crippen LogP contribution in [0.1, 0.15) is 150 Å². The summed E-state index contributed by atoms with van der Waals surface area (Å²) < 4.78 is 0. The van der Waals surface area contributed by atoms with Gasteiger partial charge in [0.1, 0.15) is 0 Å². The van der Waals surface area contributed by atoms with E-state index in [-0.39, 0.29) is 21.7 Å². The molecule has 0 fully saturated rings. The molecule has 0 saturated carbocycles. The summed E-state index contributed by atoms with van der Waals surface area (Å²) in [5, 5.41) is 6.51. The molecular formula is C48H68Si2. The lowest BCUT2D eigenvalue weighted by Crippen LogP contribution is -2.56. The fourth-order valence-electron chi connectivity index (χ4n) is 7.91. The summed E-state index contributed by atoms with van der Waals surface area (Å²) in [5.74, 6) is 0. The van der Waals surface area contributed by atoms with Crippen LogP contribution >= 0.6 is 0 Å². The molecule has 2 heteroatoms. The number of benzene rings is 4. The molecule has 0 unspecified atom stereocenters. The van der Waals surface area contributed by atoms with Crippen molar-refractivity contribution < 1.29 is 0 Å². The molecule has 0 saturated heterocycles. The van der Waals surface area contributed by atoms with Crippen molar-refractivity contribution >= 4 is 36.5 Å². The third-order valence-electron chi connectivity index (χ3n) is 10.8. The Hall–Kier alpha value is -2.69. The Balaban J connectivity index is 2.42. The molecule has 4 aromatic carbocycles. The van der Waals surface area contributed by atoms with Crippen LogP contribution in [0.3, 0.4) is 0 Å².